The van der Waals surface area contributed by atoms with Crippen molar-refractivity contribution in [1.29, 1.82) is 0 Å². The number of allylic oxidation sites excluding steroid dienone is 1. The minimum Gasteiger partial charge on any atom is -0.389 e. The molecule has 0 spiro atoms. The van der Waals surface area contributed by atoms with Gasteiger partial charge in [-0.2, -0.15) is 4.31 Å². The van der Waals surface area contributed by atoms with Crippen LogP contribution in [-0.2, 0) is 14.8 Å². The molecule has 112 valence electrons. The molecule has 5 nitrogen and oxygen atoms in total. The summed E-state index contributed by atoms with van der Waals surface area (Å²) in [5.41, 5.74) is 0.985. The van der Waals surface area contributed by atoms with E-state index in [2.05, 4.69) is 0 Å². The fraction of sp³-hybridized carbons (Fsp3) is 0.400. The van der Waals surface area contributed by atoms with Gasteiger partial charge in [-0.05, 0) is 25.1 Å². The number of benzene rings is 1. The molecule has 1 aromatic carbocycles. The first kappa shape index (κ1) is 14.4. The number of carbonyl (C=O) groups excluding carboxylic acids is 1. The lowest BCUT2D eigenvalue weighted by molar-refractivity contribution is -0.120. The van der Waals surface area contributed by atoms with Crippen LogP contribution >= 0.6 is 0 Å². The third-order valence-electron chi connectivity index (χ3n) is 4.25. The van der Waals surface area contributed by atoms with E-state index in [-0.39, 0.29) is 29.7 Å². The molecule has 3 atom stereocenters. The number of ketones is 1. The van der Waals surface area contributed by atoms with E-state index in [4.69, 9.17) is 0 Å². The second-order valence-electron chi connectivity index (χ2n) is 5.66. The van der Waals surface area contributed by atoms with Gasteiger partial charge in [0.05, 0.1) is 11.0 Å². The van der Waals surface area contributed by atoms with Crippen molar-refractivity contribution in [2.75, 3.05) is 13.1 Å². The summed E-state index contributed by atoms with van der Waals surface area (Å²) in [6.07, 6.45) is 2.05. The number of fused-ring (bicyclic) bond motifs is 1. The largest absolute Gasteiger partial charge is 0.389 e. The minimum absolute atomic E-state index is 0.105. The molecule has 1 saturated heterocycles. The summed E-state index contributed by atoms with van der Waals surface area (Å²) in [4.78, 5) is 12.1. The normalized spacial score (nSPS) is 29.6. The van der Waals surface area contributed by atoms with Crippen LogP contribution in [0.4, 0.5) is 0 Å². The second-order valence-corrected chi connectivity index (χ2v) is 7.60. The Morgan fingerprint density at radius 2 is 1.86 bits per heavy atom. The zero-order chi connectivity index (χ0) is 15.2. The van der Waals surface area contributed by atoms with Gasteiger partial charge in [0.15, 0.2) is 5.78 Å². The number of aliphatic hydroxyl groups excluding tert-OH is 1. The third kappa shape index (κ3) is 2.43. The lowest BCUT2D eigenvalue weighted by atomic mass is 9.83. The van der Waals surface area contributed by atoms with Crippen LogP contribution in [0.5, 0.6) is 0 Å². The van der Waals surface area contributed by atoms with E-state index < -0.39 is 22.0 Å². The van der Waals surface area contributed by atoms with Gasteiger partial charge < -0.3 is 5.11 Å². The van der Waals surface area contributed by atoms with Crippen LogP contribution in [0.25, 0.3) is 0 Å². The zero-order valence-corrected chi connectivity index (χ0v) is 12.5. The smallest absolute Gasteiger partial charge is 0.243 e. The van der Waals surface area contributed by atoms with Gasteiger partial charge in [-0.3, -0.25) is 4.79 Å². The topological polar surface area (TPSA) is 74.7 Å². The van der Waals surface area contributed by atoms with Gasteiger partial charge in [-0.15, -0.1) is 0 Å². The summed E-state index contributed by atoms with van der Waals surface area (Å²) in [6.45, 7) is 2.21. The number of hydrogen-bond donors (Lipinski definition) is 1. The van der Waals surface area contributed by atoms with E-state index in [0.29, 0.717) is 0 Å². The summed E-state index contributed by atoms with van der Waals surface area (Å²) in [5, 5.41) is 9.93. The van der Waals surface area contributed by atoms with Crippen LogP contribution in [0.2, 0.25) is 0 Å². The molecule has 1 fully saturated rings. The van der Waals surface area contributed by atoms with Crippen molar-refractivity contribution in [2.24, 2.45) is 11.8 Å². The van der Waals surface area contributed by atoms with E-state index in [0.717, 1.165) is 5.56 Å². The highest BCUT2D eigenvalue weighted by Gasteiger charge is 2.45. The van der Waals surface area contributed by atoms with Gasteiger partial charge in [0.25, 0.3) is 0 Å². The quantitative estimate of drug-likeness (QED) is 0.874. The van der Waals surface area contributed by atoms with E-state index in [1.165, 1.54) is 16.5 Å². The van der Waals surface area contributed by atoms with Crippen molar-refractivity contribution < 1.29 is 18.3 Å². The van der Waals surface area contributed by atoms with E-state index >= 15 is 0 Å². The molecule has 21 heavy (non-hydrogen) atoms. The highest BCUT2D eigenvalue weighted by molar-refractivity contribution is 7.89. The molecule has 2 aliphatic rings. The van der Waals surface area contributed by atoms with E-state index in [1.807, 2.05) is 6.92 Å². The van der Waals surface area contributed by atoms with Crippen molar-refractivity contribution >= 4 is 15.8 Å². The number of sulfonamides is 1. The average molecular weight is 307 g/mol. The standard InChI is InChI=1S/C15H17NO4S/c1-10-2-4-11(5-3-10)21(19,20)16-8-12-13(9-16)15(18)7-6-14(12)17/h2-7,12-14,17H,8-9H2,1H3/t12-,13+,14-/m0/s1. The molecule has 1 aliphatic carbocycles. The second kappa shape index (κ2) is 5.05. The summed E-state index contributed by atoms with van der Waals surface area (Å²) in [6, 6.07) is 6.64. The Hall–Kier alpha value is -1.50. The maximum atomic E-state index is 12.6. The van der Waals surface area contributed by atoms with Crippen molar-refractivity contribution in [2.45, 2.75) is 17.9 Å². The molecule has 0 bridgehead atoms. The minimum atomic E-state index is -3.62. The first-order chi connectivity index (χ1) is 9.89. The first-order valence-electron chi connectivity index (χ1n) is 6.86. The van der Waals surface area contributed by atoms with Crippen molar-refractivity contribution in [3.8, 4) is 0 Å². The Morgan fingerprint density at radius 3 is 2.48 bits per heavy atom. The molecule has 1 heterocycles. The number of aliphatic hydroxyl groups is 1. The van der Waals surface area contributed by atoms with E-state index in [9.17, 15) is 18.3 Å². The summed E-state index contributed by atoms with van der Waals surface area (Å²) >= 11 is 0. The predicted octanol–water partition coefficient (Wildman–Crippen LogP) is 0.732. The van der Waals surface area contributed by atoms with Crippen LogP contribution < -0.4 is 0 Å². The summed E-state index contributed by atoms with van der Waals surface area (Å²) in [5.74, 6) is -0.889. The number of carbonyl (C=O) groups is 1. The molecule has 0 radical (unpaired) electrons. The van der Waals surface area contributed by atoms with Gasteiger partial charge in [0.2, 0.25) is 10.0 Å². The highest BCUT2D eigenvalue weighted by Crippen LogP contribution is 2.34. The summed E-state index contributed by atoms with van der Waals surface area (Å²) in [7, 11) is -3.62. The van der Waals surface area contributed by atoms with Gasteiger partial charge >= 0.3 is 0 Å². The Balaban J connectivity index is 1.89. The predicted molar refractivity (Wildman–Crippen MR) is 77.1 cm³/mol. The molecule has 0 aromatic heterocycles. The molecular weight excluding hydrogens is 290 g/mol. The van der Waals surface area contributed by atoms with Gasteiger partial charge in [-0.1, -0.05) is 23.8 Å². The fourth-order valence-corrected chi connectivity index (χ4v) is 4.46. The lowest BCUT2D eigenvalue weighted by Gasteiger charge is -2.23. The molecule has 0 amide bonds. The number of nitrogens with zero attached hydrogens (tertiary/aromatic N) is 1. The Bertz CT molecular complexity index is 693. The van der Waals surface area contributed by atoms with Crippen LogP contribution in [0.3, 0.4) is 0 Å². The number of aryl methyl sites for hydroxylation is 1. The van der Waals surface area contributed by atoms with Crippen LogP contribution in [-0.4, -0.2) is 42.8 Å². The van der Waals surface area contributed by atoms with Gasteiger partial charge in [0.1, 0.15) is 0 Å². The van der Waals surface area contributed by atoms with Crippen molar-refractivity contribution in [3.05, 3.63) is 42.0 Å². The van der Waals surface area contributed by atoms with Crippen molar-refractivity contribution in [3.63, 3.8) is 0 Å². The fourth-order valence-electron chi connectivity index (χ4n) is 2.95. The SMILES string of the molecule is Cc1ccc(S(=O)(=O)N2C[C@@H]3[C@@H](O)C=CC(=O)[C@@H]3C2)cc1. The maximum absolute atomic E-state index is 12.6. The molecule has 3 rings (SSSR count). The molecule has 1 N–H and O–H groups in total. The summed E-state index contributed by atoms with van der Waals surface area (Å²) < 4.78 is 26.5. The Morgan fingerprint density at radius 1 is 1.19 bits per heavy atom. The third-order valence-corrected chi connectivity index (χ3v) is 6.10. The monoisotopic (exact) mass is 307 g/mol. The van der Waals surface area contributed by atoms with Gasteiger partial charge in [-0.25, -0.2) is 8.42 Å². The molecule has 0 unspecified atom stereocenters. The molecule has 1 aromatic rings. The Kier molecular flexibility index (Phi) is 3.47. The molecule has 1 aliphatic heterocycles. The highest BCUT2D eigenvalue weighted by atomic mass is 32.2. The van der Waals surface area contributed by atoms with Gasteiger partial charge in [0, 0.05) is 24.9 Å². The molecule has 0 saturated carbocycles. The van der Waals surface area contributed by atoms with Crippen LogP contribution in [0.15, 0.2) is 41.3 Å². The molecular formula is C15H17NO4S. The first-order valence-corrected chi connectivity index (χ1v) is 8.30. The van der Waals surface area contributed by atoms with Crippen LogP contribution in [0.1, 0.15) is 5.56 Å². The zero-order valence-electron chi connectivity index (χ0n) is 11.6. The Labute approximate surface area is 123 Å². The molecule has 6 heteroatoms. The lowest BCUT2D eigenvalue weighted by Crippen LogP contribution is -2.33. The average Bonchev–Trinajstić information content (AvgIpc) is 2.91. The van der Waals surface area contributed by atoms with E-state index in [1.54, 1.807) is 24.3 Å². The maximum Gasteiger partial charge on any atom is 0.243 e. The van der Waals surface area contributed by atoms with Crippen LogP contribution in [0, 0.1) is 18.8 Å². The number of rotatable bonds is 2. The number of hydrogen-bond acceptors (Lipinski definition) is 4. The van der Waals surface area contributed by atoms with Crippen molar-refractivity contribution in [1.82, 2.24) is 4.31 Å².